The molecule has 0 aliphatic heterocycles. The minimum atomic E-state index is 0.588. The van der Waals surface area contributed by atoms with E-state index in [0.717, 1.165) is 12.1 Å². The number of pyridine rings is 1. The van der Waals surface area contributed by atoms with Gasteiger partial charge in [-0.15, -0.1) is 0 Å². The van der Waals surface area contributed by atoms with Crippen molar-refractivity contribution in [2.45, 2.75) is 13.3 Å². The van der Waals surface area contributed by atoms with Crippen LogP contribution in [0.3, 0.4) is 0 Å². The molecule has 0 spiro atoms. The average Bonchev–Trinajstić information content (AvgIpc) is 2.05. The quantitative estimate of drug-likeness (QED) is 0.566. The van der Waals surface area contributed by atoms with E-state index in [1.807, 2.05) is 13.0 Å². The fraction of sp³-hybridized carbons (Fsp3) is 0.375. The van der Waals surface area contributed by atoms with Gasteiger partial charge in [0.2, 0.25) is 0 Å². The second kappa shape index (κ2) is 3.42. The lowest BCUT2D eigenvalue weighted by Crippen LogP contribution is -2.09. The molecule has 0 unspecified atom stereocenters. The molecule has 56 valence electrons. The normalized spacial score (nSPS) is 9.64. The van der Waals surface area contributed by atoms with Crippen LogP contribution in [-0.4, -0.2) is 19.9 Å². The van der Waals surface area contributed by atoms with Gasteiger partial charge >= 0.3 is 0 Å². The Morgan fingerprint density at radius 2 is 2.36 bits per heavy atom. The maximum atomic E-state index is 5.57. The Morgan fingerprint density at radius 1 is 1.64 bits per heavy atom. The van der Waals surface area contributed by atoms with Crippen LogP contribution >= 0.6 is 0 Å². The molecule has 0 bridgehead atoms. The fourth-order valence-electron chi connectivity index (χ4n) is 0.858. The minimum absolute atomic E-state index is 0.588. The summed E-state index contributed by atoms with van der Waals surface area (Å²) in [5.74, 6) is 0.705. The van der Waals surface area contributed by atoms with E-state index in [-0.39, 0.29) is 0 Å². The summed E-state index contributed by atoms with van der Waals surface area (Å²) >= 11 is 0. The van der Waals surface area contributed by atoms with Gasteiger partial charge in [0.1, 0.15) is 13.6 Å². The standard InChI is InChI=1S/C8H10BNO/c1-3-6-4-8(11-2)7(9)5-10-6/h4-5H,3H2,1-2H3. The molecule has 2 nitrogen and oxygen atoms in total. The maximum Gasteiger partial charge on any atom is 0.121 e. The highest BCUT2D eigenvalue weighted by atomic mass is 16.5. The first-order valence-electron chi connectivity index (χ1n) is 3.56. The Bertz CT molecular complexity index is 250. The van der Waals surface area contributed by atoms with Crippen LogP contribution < -0.4 is 10.2 Å². The molecular formula is C8H10BNO. The molecule has 0 aliphatic rings. The zero-order valence-corrected chi connectivity index (χ0v) is 6.79. The highest BCUT2D eigenvalue weighted by Crippen LogP contribution is 2.06. The number of nitrogens with zero attached hydrogens (tertiary/aromatic N) is 1. The fourth-order valence-corrected chi connectivity index (χ4v) is 0.858. The summed E-state index contributed by atoms with van der Waals surface area (Å²) in [6, 6.07) is 1.86. The largest absolute Gasteiger partial charge is 0.497 e. The van der Waals surface area contributed by atoms with E-state index in [0.29, 0.717) is 11.2 Å². The molecule has 1 aromatic heterocycles. The third-order valence-corrected chi connectivity index (χ3v) is 1.53. The minimum Gasteiger partial charge on any atom is -0.497 e. The summed E-state index contributed by atoms with van der Waals surface area (Å²) in [7, 11) is 7.17. The van der Waals surface area contributed by atoms with Crippen molar-refractivity contribution < 1.29 is 4.74 Å². The van der Waals surface area contributed by atoms with E-state index >= 15 is 0 Å². The van der Waals surface area contributed by atoms with E-state index < -0.39 is 0 Å². The van der Waals surface area contributed by atoms with Crippen LogP contribution in [-0.2, 0) is 6.42 Å². The van der Waals surface area contributed by atoms with Crippen molar-refractivity contribution in [2.24, 2.45) is 0 Å². The first-order valence-corrected chi connectivity index (χ1v) is 3.56. The molecular weight excluding hydrogens is 137 g/mol. The van der Waals surface area contributed by atoms with Gasteiger partial charge in [-0.2, -0.15) is 0 Å². The predicted octanol–water partition coefficient (Wildman–Crippen LogP) is 0.446. The summed E-state index contributed by atoms with van der Waals surface area (Å²) in [6.07, 6.45) is 2.52. The molecule has 0 atom stereocenters. The number of aromatic nitrogens is 1. The lowest BCUT2D eigenvalue weighted by atomic mass is 9.97. The number of rotatable bonds is 2. The van der Waals surface area contributed by atoms with Crippen molar-refractivity contribution in [1.29, 1.82) is 0 Å². The smallest absolute Gasteiger partial charge is 0.121 e. The highest BCUT2D eigenvalue weighted by Gasteiger charge is 1.98. The molecule has 0 saturated heterocycles. The van der Waals surface area contributed by atoms with E-state index in [9.17, 15) is 0 Å². The number of aryl methyl sites for hydroxylation is 1. The Kier molecular flexibility index (Phi) is 2.52. The molecule has 0 N–H and O–H groups in total. The van der Waals surface area contributed by atoms with E-state index in [1.54, 1.807) is 13.3 Å². The van der Waals surface area contributed by atoms with Gasteiger partial charge in [-0.1, -0.05) is 6.92 Å². The highest BCUT2D eigenvalue weighted by molar-refractivity contribution is 6.34. The molecule has 0 amide bonds. The van der Waals surface area contributed by atoms with Gasteiger partial charge in [-0.25, -0.2) is 0 Å². The van der Waals surface area contributed by atoms with Crippen LogP contribution in [0.2, 0.25) is 0 Å². The molecule has 1 rings (SSSR count). The molecule has 2 radical (unpaired) electrons. The van der Waals surface area contributed by atoms with Gasteiger partial charge < -0.3 is 4.74 Å². The van der Waals surface area contributed by atoms with Crippen molar-refractivity contribution in [3.63, 3.8) is 0 Å². The second-order valence-electron chi connectivity index (χ2n) is 2.27. The zero-order chi connectivity index (χ0) is 8.27. The van der Waals surface area contributed by atoms with Crippen LogP contribution in [0.1, 0.15) is 12.6 Å². The summed E-state index contributed by atoms with van der Waals surface area (Å²) in [4.78, 5) is 4.10. The van der Waals surface area contributed by atoms with Crippen LogP contribution in [0.5, 0.6) is 5.75 Å². The third-order valence-electron chi connectivity index (χ3n) is 1.53. The summed E-state index contributed by atoms with van der Waals surface area (Å²) < 4.78 is 5.02. The van der Waals surface area contributed by atoms with Crippen molar-refractivity contribution in [2.75, 3.05) is 7.11 Å². The van der Waals surface area contributed by atoms with Crippen LogP contribution in [0.4, 0.5) is 0 Å². The third kappa shape index (κ3) is 1.73. The molecule has 0 fully saturated rings. The number of ether oxygens (including phenoxy) is 1. The molecule has 0 saturated carbocycles. The monoisotopic (exact) mass is 147 g/mol. The first-order chi connectivity index (χ1) is 5.27. The second-order valence-corrected chi connectivity index (χ2v) is 2.27. The Balaban J connectivity index is 3.02. The number of hydrogen-bond donors (Lipinski definition) is 0. The SMILES string of the molecule is [B]c1cnc(CC)cc1OC. The molecule has 1 heterocycles. The summed E-state index contributed by atoms with van der Waals surface area (Å²) in [5, 5.41) is 0. The van der Waals surface area contributed by atoms with Gasteiger partial charge in [0.05, 0.1) is 7.11 Å². The lowest BCUT2D eigenvalue weighted by Gasteiger charge is -2.04. The summed E-state index contributed by atoms with van der Waals surface area (Å²) in [6.45, 7) is 2.04. The van der Waals surface area contributed by atoms with Gasteiger partial charge in [0, 0.05) is 18.0 Å². The van der Waals surface area contributed by atoms with Crippen molar-refractivity contribution in [1.82, 2.24) is 4.98 Å². The Hall–Kier alpha value is -0.985. The van der Waals surface area contributed by atoms with Crippen molar-refractivity contribution >= 4 is 13.3 Å². The van der Waals surface area contributed by atoms with Crippen LogP contribution in [0, 0.1) is 0 Å². The van der Waals surface area contributed by atoms with E-state index in [2.05, 4.69) is 4.98 Å². The first kappa shape index (κ1) is 8.11. The van der Waals surface area contributed by atoms with E-state index in [1.165, 1.54) is 0 Å². The van der Waals surface area contributed by atoms with Crippen LogP contribution in [0.25, 0.3) is 0 Å². The van der Waals surface area contributed by atoms with Crippen LogP contribution in [0.15, 0.2) is 12.3 Å². The topological polar surface area (TPSA) is 22.1 Å². The van der Waals surface area contributed by atoms with Gasteiger partial charge in [0.25, 0.3) is 0 Å². The molecule has 3 heteroatoms. The number of hydrogen-bond acceptors (Lipinski definition) is 2. The predicted molar refractivity (Wildman–Crippen MR) is 45.6 cm³/mol. The van der Waals surface area contributed by atoms with Gasteiger partial charge in [-0.05, 0) is 11.9 Å². The van der Waals surface area contributed by atoms with Gasteiger partial charge in [0.15, 0.2) is 0 Å². The maximum absolute atomic E-state index is 5.57. The molecule has 1 aromatic rings. The van der Waals surface area contributed by atoms with Gasteiger partial charge in [-0.3, -0.25) is 4.98 Å². The number of methoxy groups -OCH3 is 1. The Morgan fingerprint density at radius 3 is 2.91 bits per heavy atom. The molecule has 0 aliphatic carbocycles. The van der Waals surface area contributed by atoms with Crippen molar-refractivity contribution in [3.05, 3.63) is 18.0 Å². The summed E-state index contributed by atoms with van der Waals surface area (Å²) in [5.41, 5.74) is 1.58. The Labute approximate surface area is 68.0 Å². The molecule has 0 aromatic carbocycles. The zero-order valence-electron chi connectivity index (χ0n) is 6.79. The van der Waals surface area contributed by atoms with E-state index in [4.69, 9.17) is 12.6 Å². The molecule has 11 heavy (non-hydrogen) atoms. The van der Waals surface area contributed by atoms with Crippen molar-refractivity contribution in [3.8, 4) is 5.75 Å². The lowest BCUT2D eigenvalue weighted by molar-refractivity contribution is 0.417. The average molecular weight is 147 g/mol.